The van der Waals surface area contributed by atoms with Gasteiger partial charge in [-0.2, -0.15) is 0 Å². The molecule has 0 rings (SSSR count). The fourth-order valence-electron chi connectivity index (χ4n) is 2.97. The van der Waals surface area contributed by atoms with Crippen LogP contribution in [0.4, 0.5) is 0 Å². The van der Waals surface area contributed by atoms with E-state index in [-0.39, 0.29) is 0 Å². The number of hydrogen-bond donors (Lipinski definition) is 0. The van der Waals surface area contributed by atoms with Crippen molar-refractivity contribution in [3.8, 4) is 0 Å². The number of hydrogen-bond acceptors (Lipinski definition) is 3. The third-order valence-electron chi connectivity index (χ3n) is 4.49. The van der Waals surface area contributed by atoms with Crippen LogP contribution in [0.2, 0.25) is 0 Å². The minimum Gasteiger partial charge on any atom is -0.316 e. The predicted octanol–water partition coefficient (Wildman–Crippen LogP) is 7.78. The van der Waals surface area contributed by atoms with Gasteiger partial charge in [-0.05, 0) is 6.42 Å². The van der Waals surface area contributed by atoms with Gasteiger partial charge in [0.15, 0.2) is 0 Å². The van der Waals surface area contributed by atoms with E-state index in [0.717, 1.165) is 13.0 Å². The standard InChI is InChI=1S/C20H43O3P/c1-4-5-6-7-8-9-10-11-12-13-14-15-16-17-18-19-20-23-24(21-2)22-3/h4-20H2,1-3H3. The van der Waals surface area contributed by atoms with Crippen molar-refractivity contribution >= 4 is 8.60 Å². The van der Waals surface area contributed by atoms with Crippen molar-refractivity contribution in [1.82, 2.24) is 0 Å². The molecule has 0 saturated heterocycles. The lowest BCUT2D eigenvalue weighted by atomic mass is 10.0. The average Bonchev–Trinajstić information content (AvgIpc) is 2.61. The van der Waals surface area contributed by atoms with Gasteiger partial charge in [-0.25, -0.2) is 0 Å². The van der Waals surface area contributed by atoms with Crippen LogP contribution in [0.15, 0.2) is 0 Å². The molecule has 24 heavy (non-hydrogen) atoms. The molecule has 0 aromatic carbocycles. The van der Waals surface area contributed by atoms with Crippen LogP contribution in [-0.4, -0.2) is 20.8 Å². The highest BCUT2D eigenvalue weighted by atomic mass is 31.2. The summed E-state index contributed by atoms with van der Waals surface area (Å²) in [5.41, 5.74) is 0. The first-order valence-electron chi connectivity index (χ1n) is 10.4. The molecule has 0 radical (unpaired) electrons. The van der Waals surface area contributed by atoms with E-state index in [1.165, 1.54) is 96.3 Å². The molecule has 0 heterocycles. The van der Waals surface area contributed by atoms with Gasteiger partial charge in [-0.3, -0.25) is 0 Å². The molecule has 0 aliphatic heterocycles. The maximum absolute atomic E-state index is 5.48. The highest BCUT2D eigenvalue weighted by Gasteiger charge is 2.05. The van der Waals surface area contributed by atoms with E-state index < -0.39 is 8.60 Å². The summed E-state index contributed by atoms with van der Waals surface area (Å²) in [4.78, 5) is 0. The molecule has 0 atom stereocenters. The normalized spacial score (nSPS) is 11.5. The first-order valence-corrected chi connectivity index (χ1v) is 11.5. The van der Waals surface area contributed by atoms with E-state index >= 15 is 0 Å². The molecule has 0 aliphatic carbocycles. The molecule has 0 bridgehead atoms. The van der Waals surface area contributed by atoms with Crippen molar-refractivity contribution in [3.05, 3.63) is 0 Å². The third-order valence-corrected chi connectivity index (χ3v) is 5.48. The van der Waals surface area contributed by atoms with E-state index in [2.05, 4.69) is 6.92 Å². The second kappa shape index (κ2) is 21.4. The Morgan fingerprint density at radius 2 is 0.833 bits per heavy atom. The van der Waals surface area contributed by atoms with Crippen LogP contribution in [0.25, 0.3) is 0 Å². The summed E-state index contributed by atoms with van der Waals surface area (Å²) in [6.07, 6.45) is 22.3. The monoisotopic (exact) mass is 362 g/mol. The molecule has 0 aliphatic rings. The fourth-order valence-corrected chi connectivity index (χ4v) is 3.61. The second-order valence-corrected chi connectivity index (χ2v) is 8.16. The van der Waals surface area contributed by atoms with Crippen LogP contribution in [0.5, 0.6) is 0 Å². The van der Waals surface area contributed by atoms with Crippen LogP contribution in [0.3, 0.4) is 0 Å². The summed E-state index contributed by atoms with van der Waals surface area (Å²) in [5, 5.41) is 0. The Hall–Kier alpha value is 0.310. The molecule has 4 heteroatoms. The van der Waals surface area contributed by atoms with Crippen molar-refractivity contribution in [2.75, 3.05) is 20.8 Å². The van der Waals surface area contributed by atoms with Crippen LogP contribution >= 0.6 is 8.60 Å². The number of unbranched alkanes of at least 4 members (excludes halogenated alkanes) is 15. The molecule has 0 N–H and O–H groups in total. The van der Waals surface area contributed by atoms with Crippen molar-refractivity contribution in [2.45, 2.75) is 110 Å². The first kappa shape index (κ1) is 24.3. The summed E-state index contributed by atoms with van der Waals surface area (Å²) in [6.45, 7) is 3.04. The van der Waals surface area contributed by atoms with Crippen LogP contribution in [0.1, 0.15) is 110 Å². The van der Waals surface area contributed by atoms with E-state index in [1.807, 2.05) is 0 Å². The lowest BCUT2D eigenvalue weighted by Crippen LogP contribution is -1.93. The minimum absolute atomic E-state index is 0.756. The zero-order valence-corrected chi connectivity index (χ0v) is 17.6. The lowest BCUT2D eigenvalue weighted by molar-refractivity contribution is 0.202. The van der Waals surface area contributed by atoms with E-state index in [9.17, 15) is 0 Å². The quantitative estimate of drug-likeness (QED) is 0.163. The van der Waals surface area contributed by atoms with Crippen LogP contribution < -0.4 is 0 Å². The van der Waals surface area contributed by atoms with Gasteiger partial charge in [0.2, 0.25) is 0 Å². The molecule has 3 nitrogen and oxygen atoms in total. The minimum atomic E-state index is -1.10. The van der Waals surface area contributed by atoms with Crippen molar-refractivity contribution < 1.29 is 13.6 Å². The van der Waals surface area contributed by atoms with Gasteiger partial charge in [-0.1, -0.05) is 103 Å². The Kier molecular flexibility index (Phi) is 21.6. The fraction of sp³-hybridized carbons (Fsp3) is 1.00. The first-order chi connectivity index (χ1) is 11.8. The van der Waals surface area contributed by atoms with Crippen molar-refractivity contribution in [2.24, 2.45) is 0 Å². The van der Waals surface area contributed by atoms with E-state index in [1.54, 1.807) is 14.2 Å². The summed E-state index contributed by atoms with van der Waals surface area (Å²) in [7, 11) is 2.16. The Morgan fingerprint density at radius 3 is 1.17 bits per heavy atom. The number of rotatable bonds is 20. The van der Waals surface area contributed by atoms with Crippen molar-refractivity contribution in [3.63, 3.8) is 0 Å². The second-order valence-electron chi connectivity index (χ2n) is 6.73. The SMILES string of the molecule is CCCCCCCCCCCCCCCCCCOP(OC)OC. The zero-order valence-electron chi connectivity index (χ0n) is 16.7. The van der Waals surface area contributed by atoms with Gasteiger partial charge >= 0.3 is 8.60 Å². The topological polar surface area (TPSA) is 27.7 Å². The Balaban J connectivity index is 3.03. The highest BCUT2D eigenvalue weighted by Crippen LogP contribution is 2.37. The van der Waals surface area contributed by atoms with E-state index in [0.29, 0.717) is 0 Å². The molecule has 0 fully saturated rings. The van der Waals surface area contributed by atoms with Gasteiger partial charge in [-0.15, -0.1) is 0 Å². The highest BCUT2D eigenvalue weighted by molar-refractivity contribution is 7.41. The summed E-state index contributed by atoms with van der Waals surface area (Å²) in [6, 6.07) is 0. The molecular formula is C20H43O3P. The lowest BCUT2D eigenvalue weighted by Gasteiger charge is -2.11. The molecule has 146 valence electrons. The van der Waals surface area contributed by atoms with Crippen molar-refractivity contribution in [1.29, 1.82) is 0 Å². The molecule has 0 spiro atoms. The maximum Gasteiger partial charge on any atom is 0.332 e. The van der Waals surface area contributed by atoms with E-state index in [4.69, 9.17) is 13.6 Å². The Labute approximate surface area is 153 Å². The predicted molar refractivity (Wildman–Crippen MR) is 106 cm³/mol. The molecule has 0 aromatic heterocycles. The molecule has 0 aromatic rings. The average molecular weight is 363 g/mol. The van der Waals surface area contributed by atoms with Gasteiger partial charge in [0.05, 0.1) is 6.61 Å². The largest absolute Gasteiger partial charge is 0.332 e. The molecule has 0 amide bonds. The van der Waals surface area contributed by atoms with Crippen LogP contribution in [-0.2, 0) is 13.6 Å². The van der Waals surface area contributed by atoms with Gasteiger partial charge in [0.1, 0.15) is 0 Å². The van der Waals surface area contributed by atoms with Gasteiger partial charge < -0.3 is 13.6 Å². The zero-order chi connectivity index (χ0) is 17.7. The molecule has 0 saturated carbocycles. The summed E-state index contributed by atoms with van der Waals surface area (Å²) in [5.74, 6) is 0. The Bertz CT molecular complexity index is 223. The third kappa shape index (κ3) is 18.6. The molecule has 0 unspecified atom stereocenters. The van der Waals surface area contributed by atoms with Gasteiger partial charge in [0, 0.05) is 14.2 Å². The maximum atomic E-state index is 5.48. The van der Waals surface area contributed by atoms with Crippen LogP contribution in [0, 0.1) is 0 Å². The van der Waals surface area contributed by atoms with Gasteiger partial charge in [0.25, 0.3) is 0 Å². The summed E-state index contributed by atoms with van der Waals surface area (Å²) < 4.78 is 15.6. The summed E-state index contributed by atoms with van der Waals surface area (Å²) >= 11 is 0. The smallest absolute Gasteiger partial charge is 0.316 e. The Morgan fingerprint density at radius 1 is 0.500 bits per heavy atom. The molecular weight excluding hydrogens is 319 g/mol.